The van der Waals surface area contributed by atoms with Gasteiger partial charge < -0.3 is 14.2 Å². The van der Waals surface area contributed by atoms with Crippen LogP contribution in [0.2, 0.25) is 0 Å². The number of aromatic nitrogens is 1. The number of thiazole rings is 1. The van der Waals surface area contributed by atoms with E-state index in [1.807, 2.05) is 32.0 Å². The standard InChI is InChI=1S/C20H27N3O5S2/c1-4-28-15-7-8-16-17(10-15)29-20(22(16)3)21-18(24)12-30(26,27)13-19(25)23-9-5-6-14(2)11-23/h7-8,10,14H,4-6,9,11-13H2,1-3H3. The SMILES string of the molecule is CCOc1ccc2c(c1)sc(=NC(=O)CS(=O)(=O)CC(=O)N1CCCC(C)C1)n2C. The monoisotopic (exact) mass is 453 g/mol. The molecule has 1 saturated heterocycles. The molecule has 1 aromatic heterocycles. The second-order valence-electron chi connectivity index (χ2n) is 7.63. The zero-order valence-corrected chi connectivity index (χ0v) is 19.1. The molecule has 2 aromatic rings. The number of ether oxygens (including phenoxy) is 1. The first-order valence-corrected chi connectivity index (χ1v) is 12.6. The molecule has 0 bridgehead atoms. The van der Waals surface area contributed by atoms with Crippen molar-refractivity contribution in [3.63, 3.8) is 0 Å². The van der Waals surface area contributed by atoms with Crippen molar-refractivity contribution in [2.75, 3.05) is 31.2 Å². The Morgan fingerprint density at radius 1 is 1.30 bits per heavy atom. The lowest BCUT2D eigenvalue weighted by molar-refractivity contribution is -0.130. The highest BCUT2D eigenvalue weighted by Crippen LogP contribution is 2.22. The first kappa shape index (κ1) is 22.5. The highest BCUT2D eigenvalue weighted by atomic mass is 32.2. The number of aryl methyl sites for hydroxylation is 1. The van der Waals surface area contributed by atoms with E-state index in [4.69, 9.17) is 4.74 Å². The van der Waals surface area contributed by atoms with Gasteiger partial charge in [-0.05, 0) is 43.9 Å². The van der Waals surface area contributed by atoms with Gasteiger partial charge in [-0.15, -0.1) is 0 Å². The number of sulfone groups is 1. The van der Waals surface area contributed by atoms with Crippen molar-refractivity contribution in [2.24, 2.45) is 18.0 Å². The molecule has 164 valence electrons. The smallest absolute Gasteiger partial charge is 0.263 e. The molecular formula is C20H27N3O5S2. The molecule has 0 saturated carbocycles. The number of hydrogen-bond donors (Lipinski definition) is 0. The predicted octanol–water partition coefficient (Wildman–Crippen LogP) is 1.74. The van der Waals surface area contributed by atoms with Gasteiger partial charge in [0.1, 0.15) is 17.3 Å². The van der Waals surface area contributed by atoms with Crippen LogP contribution in [0.4, 0.5) is 0 Å². The number of likely N-dealkylation sites (tertiary alicyclic amines) is 1. The van der Waals surface area contributed by atoms with E-state index in [1.165, 1.54) is 11.3 Å². The van der Waals surface area contributed by atoms with Gasteiger partial charge in [0.25, 0.3) is 5.91 Å². The Morgan fingerprint density at radius 3 is 2.77 bits per heavy atom. The fourth-order valence-corrected chi connectivity index (χ4v) is 5.72. The molecule has 1 aliphatic heterocycles. The minimum atomic E-state index is -3.88. The second-order valence-corrected chi connectivity index (χ2v) is 10.7. The third-order valence-electron chi connectivity index (χ3n) is 5.01. The first-order chi connectivity index (χ1) is 14.2. The quantitative estimate of drug-likeness (QED) is 0.664. The Labute approximate surface area is 180 Å². The van der Waals surface area contributed by atoms with Crippen LogP contribution < -0.4 is 9.54 Å². The van der Waals surface area contributed by atoms with Crippen LogP contribution in [0.5, 0.6) is 5.75 Å². The van der Waals surface area contributed by atoms with Crippen molar-refractivity contribution in [3.8, 4) is 5.75 Å². The van der Waals surface area contributed by atoms with Gasteiger partial charge >= 0.3 is 0 Å². The molecule has 1 fully saturated rings. The number of carbonyl (C=O) groups excluding carboxylic acids is 2. The Balaban J connectivity index is 1.72. The van der Waals surface area contributed by atoms with E-state index in [2.05, 4.69) is 4.99 Å². The number of hydrogen-bond acceptors (Lipinski definition) is 6. The number of nitrogens with zero attached hydrogens (tertiary/aromatic N) is 3. The van der Waals surface area contributed by atoms with E-state index in [9.17, 15) is 18.0 Å². The van der Waals surface area contributed by atoms with Crippen molar-refractivity contribution >= 4 is 43.2 Å². The van der Waals surface area contributed by atoms with Crippen LogP contribution in [0.25, 0.3) is 10.2 Å². The van der Waals surface area contributed by atoms with Crippen molar-refractivity contribution in [2.45, 2.75) is 26.7 Å². The summed E-state index contributed by atoms with van der Waals surface area (Å²) in [4.78, 5) is 30.6. The summed E-state index contributed by atoms with van der Waals surface area (Å²) >= 11 is 1.28. The molecule has 10 heteroatoms. The minimum absolute atomic E-state index is 0.359. The Morgan fingerprint density at radius 2 is 2.07 bits per heavy atom. The molecule has 0 aliphatic carbocycles. The van der Waals surface area contributed by atoms with Crippen LogP contribution in [0.1, 0.15) is 26.7 Å². The maximum atomic E-state index is 12.4. The summed E-state index contributed by atoms with van der Waals surface area (Å²) in [5.41, 5.74) is 0.868. The Kier molecular flexibility index (Phi) is 6.97. The van der Waals surface area contributed by atoms with E-state index in [-0.39, 0.29) is 0 Å². The van der Waals surface area contributed by atoms with Crippen LogP contribution >= 0.6 is 11.3 Å². The van der Waals surface area contributed by atoms with Gasteiger partial charge in [-0.3, -0.25) is 9.59 Å². The zero-order valence-electron chi connectivity index (χ0n) is 17.5. The molecule has 1 unspecified atom stereocenters. The number of amides is 2. The summed E-state index contributed by atoms with van der Waals surface area (Å²) < 4.78 is 32.9. The van der Waals surface area contributed by atoms with E-state index in [1.54, 1.807) is 16.5 Å². The molecule has 1 atom stereocenters. The Bertz CT molecular complexity index is 1120. The number of carbonyl (C=O) groups is 2. The van der Waals surface area contributed by atoms with E-state index in [0.717, 1.165) is 28.8 Å². The fraction of sp³-hybridized carbons (Fsp3) is 0.550. The van der Waals surface area contributed by atoms with Gasteiger partial charge in [0, 0.05) is 20.1 Å². The first-order valence-electron chi connectivity index (χ1n) is 9.96. The molecule has 0 spiro atoms. The summed E-state index contributed by atoms with van der Waals surface area (Å²) in [7, 11) is -2.12. The van der Waals surface area contributed by atoms with Gasteiger partial charge in [-0.25, -0.2) is 8.42 Å². The van der Waals surface area contributed by atoms with Crippen LogP contribution in [-0.2, 0) is 26.5 Å². The molecule has 0 N–H and O–H groups in total. The lowest BCUT2D eigenvalue weighted by atomic mass is 10.0. The lowest BCUT2D eigenvalue weighted by Gasteiger charge is -2.30. The lowest BCUT2D eigenvalue weighted by Crippen LogP contribution is -2.42. The van der Waals surface area contributed by atoms with E-state index < -0.39 is 33.2 Å². The predicted molar refractivity (Wildman–Crippen MR) is 116 cm³/mol. The summed E-state index contributed by atoms with van der Waals surface area (Å²) in [6, 6.07) is 5.57. The normalized spacial score (nSPS) is 18.0. The van der Waals surface area contributed by atoms with E-state index >= 15 is 0 Å². The topological polar surface area (TPSA) is 98.0 Å². The van der Waals surface area contributed by atoms with Crippen molar-refractivity contribution < 1.29 is 22.7 Å². The second kappa shape index (κ2) is 9.30. The van der Waals surface area contributed by atoms with Gasteiger partial charge in [0.15, 0.2) is 14.6 Å². The zero-order chi connectivity index (χ0) is 21.9. The average molecular weight is 454 g/mol. The molecule has 2 heterocycles. The highest BCUT2D eigenvalue weighted by Gasteiger charge is 2.27. The molecule has 3 rings (SSSR count). The number of rotatable bonds is 6. The van der Waals surface area contributed by atoms with Crippen LogP contribution in [-0.4, -0.2) is 60.9 Å². The Hall–Kier alpha value is -2.20. The number of fused-ring (bicyclic) bond motifs is 1. The number of benzene rings is 1. The minimum Gasteiger partial charge on any atom is -0.494 e. The third-order valence-corrected chi connectivity index (χ3v) is 7.48. The van der Waals surface area contributed by atoms with Crippen LogP contribution in [0.15, 0.2) is 23.2 Å². The van der Waals surface area contributed by atoms with Crippen molar-refractivity contribution in [1.82, 2.24) is 9.47 Å². The van der Waals surface area contributed by atoms with Gasteiger partial charge in [-0.2, -0.15) is 4.99 Å². The molecule has 1 aromatic carbocycles. The largest absolute Gasteiger partial charge is 0.494 e. The maximum Gasteiger partial charge on any atom is 0.263 e. The fourth-order valence-electron chi connectivity index (χ4n) is 3.55. The molecule has 0 radical (unpaired) electrons. The summed E-state index contributed by atoms with van der Waals surface area (Å²) in [6.07, 6.45) is 1.90. The maximum absolute atomic E-state index is 12.4. The molecule has 2 amide bonds. The average Bonchev–Trinajstić information content (AvgIpc) is 2.96. The van der Waals surface area contributed by atoms with Gasteiger partial charge in [-0.1, -0.05) is 18.3 Å². The van der Waals surface area contributed by atoms with E-state index in [0.29, 0.717) is 30.4 Å². The third kappa shape index (κ3) is 5.48. The van der Waals surface area contributed by atoms with Gasteiger partial charge in [0.05, 0.1) is 16.8 Å². The van der Waals surface area contributed by atoms with Crippen LogP contribution in [0, 0.1) is 5.92 Å². The van der Waals surface area contributed by atoms with Crippen LogP contribution in [0.3, 0.4) is 0 Å². The molecule has 1 aliphatic rings. The summed E-state index contributed by atoms with van der Waals surface area (Å²) in [5.74, 6) is -1.57. The number of piperidine rings is 1. The summed E-state index contributed by atoms with van der Waals surface area (Å²) in [6.45, 7) is 5.62. The summed E-state index contributed by atoms with van der Waals surface area (Å²) in [5, 5.41) is 0. The van der Waals surface area contributed by atoms with Gasteiger partial charge in [0.2, 0.25) is 5.91 Å². The molecular weight excluding hydrogens is 426 g/mol. The molecule has 8 nitrogen and oxygen atoms in total. The highest BCUT2D eigenvalue weighted by molar-refractivity contribution is 7.92. The van der Waals surface area contributed by atoms with Crippen molar-refractivity contribution in [1.29, 1.82) is 0 Å². The van der Waals surface area contributed by atoms with Crippen molar-refractivity contribution in [3.05, 3.63) is 23.0 Å². The molecule has 30 heavy (non-hydrogen) atoms.